The van der Waals surface area contributed by atoms with Gasteiger partial charge in [-0.1, -0.05) is 29.8 Å². The van der Waals surface area contributed by atoms with Gasteiger partial charge in [0.2, 0.25) is 5.91 Å². The van der Waals surface area contributed by atoms with E-state index in [1.165, 1.54) is 21.6 Å². The third-order valence-electron chi connectivity index (χ3n) is 6.00. The van der Waals surface area contributed by atoms with Gasteiger partial charge in [0.25, 0.3) is 0 Å². The molecule has 0 N–H and O–H groups in total. The van der Waals surface area contributed by atoms with Crippen molar-refractivity contribution in [1.29, 1.82) is 0 Å². The van der Waals surface area contributed by atoms with E-state index in [9.17, 15) is 4.79 Å². The highest BCUT2D eigenvalue weighted by Gasteiger charge is 2.35. The molecule has 0 spiro atoms. The third kappa shape index (κ3) is 5.91. The number of likely N-dealkylation sites (tertiary alicyclic amines) is 1. The number of benzene rings is 1. The zero-order valence-electron chi connectivity index (χ0n) is 18.6. The van der Waals surface area contributed by atoms with Crippen LogP contribution in [-0.2, 0) is 20.8 Å². The molecule has 2 unspecified atom stereocenters. The lowest BCUT2D eigenvalue weighted by Gasteiger charge is -2.28. The predicted molar refractivity (Wildman–Crippen MR) is 122 cm³/mol. The summed E-state index contributed by atoms with van der Waals surface area (Å²) in [6.45, 7) is 9.27. The maximum atomic E-state index is 12.6. The molecule has 0 bridgehead atoms. The molecule has 1 fully saturated rings. The molecule has 0 saturated carbocycles. The van der Waals surface area contributed by atoms with Gasteiger partial charge in [-0.2, -0.15) is 0 Å². The summed E-state index contributed by atoms with van der Waals surface area (Å²) < 4.78 is 10.4. The fourth-order valence-electron chi connectivity index (χ4n) is 4.25. The van der Waals surface area contributed by atoms with Gasteiger partial charge in [-0.3, -0.25) is 9.69 Å². The molecule has 2 aromatic rings. The van der Waals surface area contributed by atoms with Crippen molar-refractivity contribution in [2.45, 2.75) is 26.3 Å². The summed E-state index contributed by atoms with van der Waals surface area (Å²) in [6, 6.07) is 11.1. The van der Waals surface area contributed by atoms with Crippen LogP contribution >= 0.6 is 11.3 Å². The minimum Gasteiger partial charge on any atom is -0.383 e. The second-order valence-corrected chi connectivity index (χ2v) is 9.26. The molecule has 1 aromatic heterocycles. The summed E-state index contributed by atoms with van der Waals surface area (Å²) in [7, 11) is 3.25. The summed E-state index contributed by atoms with van der Waals surface area (Å²) in [5.74, 6) is 0.821. The van der Waals surface area contributed by atoms with Gasteiger partial charge in [0.15, 0.2) is 0 Å². The van der Waals surface area contributed by atoms with E-state index in [0.29, 0.717) is 25.0 Å². The van der Waals surface area contributed by atoms with Gasteiger partial charge >= 0.3 is 0 Å². The monoisotopic (exact) mass is 430 g/mol. The van der Waals surface area contributed by atoms with Crippen molar-refractivity contribution in [2.75, 3.05) is 53.6 Å². The Kier molecular flexibility index (Phi) is 8.45. The molecule has 2 heterocycles. The van der Waals surface area contributed by atoms with Crippen molar-refractivity contribution in [3.8, 4) is 0 Å². The van der Waals surface area contributed by atoms with Crippen molar-refractivity contribution in [1.82, 2.24) is 9.80 Å². The van der Waals surface area contributed by atoms with Gasteiger partial charge in [0.05, 0.1) is 6.61 Å². The first-order valence-corrected chi connectivity index (χ1v) is 11.5. The predicted octanol–water partition coefficient (Wildman–Crippen LogP) is 3.70. The number of thiophene rings is 1. The first kappa shape index (κ1) is 22.9. The molecule has 5 nitrogen and oxygen atoms in total. The van der Waals surface area contributed by atoms with E-state index in [4.69, 9.17) is 9.47 Å². The van der Waals surface area contributed by atoms with Crippen LogP contribution in [0.15, 0.2) is 35.7 Å². The number of carbonyl (C=O) groups is 1. The number of hydrogen-bond donors (Lipinski definition) is 0. The van der Waals surface area contributed by atoms with Crippen LogP contribution in [0.25, 0.3) is 0 Å². The summed E-state index contributed by atoms with van der Waals surface area (Å²) in [4.78, 5) is 18.5. The minimum atomic E-state index is 0.0322. The highest BCUT2D eigenvalue weighted by atomic mass is 32.1. The van der Waals surface area contributed by atoms with Crippen molar-refractivity contribution >= 4 is 17.2 Å². The molecule has 2 atom stereocenters. The fourth-order valence-corrected chi connectivity index (χ4v) is 5.20. The van der Waals surface area contributed by atoms with Crippen molar-refractivity contribution in [2.24, 2.45) is 5.92 Å². The van der Waals surface area contributed by atoms with Crippen molar-refractivity contribution in [3.63, 3.8) is 0 Å². The number of hydrogen-bond acceptors (Lipinski definition) is 5. The summed E-state index contributed by atoms with van der Waals surface area (Å²) in [5.41, 5.74) is 4.01. The quantitative estimate of drug-likeness (QED) is 0.576. The lowest BCUT2D eigenvalue weighted by atomic mass is 9.88. The van der Waals surface area contributed by atoms with E-state index < -0.39 is 0 Å². The minimum absolute atomic E-state index is 0.0322. The molecule has 1 amide bonds. The van der Waals surface area contributed by atoms with Crippen LogP contribution in [0, 0.1) is 19.8 Å². The average Bonchev–Trinajstić information content (AvgIpc) is 3.32. The largest absolute Gasteiger partial charge is 0.383 e. The Morgan fingerprint density at radius 2 is 1.90 bits per heavy atom. The van der Waals surface area contributed by atoms with Gasteiger partial charge < -0.3 is 14.4 Å². The Bertz CT molecular complexity index is 805. The Hall–Kier alpha value is -1.73. The summed E-state index contributed by atoms with van der Waals surface area (Å²) >= 11 is 1.83. The van der Waals surface area contributed by atoms with Crippen LogP contribution in [0.3, 0.4) is 0 Å². The number of rotatable bonds is 10. The molecule has 1 aliphatic heterocycles. The van der Waals surface area contributed by atoms with Crippen molar-refractivity contribution in [3.05, 3.63) is 57.3 Å². The second kappa shape index (κ2) is 11.0. The Morgan fingerprint density at radius 1 is 1.13 bits per heavy atom. The smallest absolute Gasteiger partial charge is 0.248 e. The number of amides is 1. The van der Waals surface area contributed by atoms with Gasteiger partial charge in [0, 0.05) is 57.7 Å². The topological polar surface area (TPSA) is 42.0 Å². The molecule has 1 saturated heterocycles. The zero-order chi connectivity index (χ0) is 21.5. The normalized spacial score (nSPS) is 19.3. The number of methoxy groups -OCH3 is 2. The van der Waals surface area contributed by atoms with Crippen LogP contribution in [-0.4, -0.2) is 69.3 Å². The molecule has 3 rings (SSSR count). The van der Waals surface area contributed by atoms with Gasteiger partial charge in [-0.25, -0.2) is 0 Å². The average molecular weight is 431 g/mol. The van der Waals surface area contributed by atoms with E-state index >= 15 is 0 Å². The highest BCUT2D eigenvalue weighted by molar-refractivity contribution is 7.10. The Balaban J connectivity index is 1.78. The van der Waals surface area contributed by atoms with E-state index in [-0.39, 0.29) is 12.5 Å². The van der Waals surface area contributed by atoms with Crippen LogP contribution in [0.2, 0.25) is 0 Å². The third-order valence-corrected chi connectivity index (χ3v) is 7.01. The van der Waals surface area contributed by atoms with Crippen LogP contribution in [0.4, 0.5) is 0 Å². The lowest BCUT2D eigenvalue weighted by molar-refractivity contribution is -0.136. The van der Waals surface area contributed by atoms with Gasteiger partial charge in [-0.15, -0.1) is 11.3 Å². The molecular weight excluding hydrogens is 396 g/mol. The maximum Gasteiger partial charge on any atom is 0.248 e. The van der Waals surface area contributed by atoms with E-state index in [0.717, 1.165) is 26.2 Å². The SMILES string of the molecule is COCCN(CC1CN(Cc2sccc2C)CC1c1ccc(C)cc1)C(=O)COC. The number of aryl methyl sites for hydroxylation is 2. The molecular formula is C24H34N2O3S. The molecule has 6 heteroatoms. The van der Waals surface area contributed by atoms with E-state index in [2.05, 4.69) is 54.5 Å². The summed E-state index contributed by atoms with van der Waals surface area (Å²) in [5, 5.41) is 2.17. The number of carbonyl (C=O) groups excluding carboxylic acids is 1. The van der Waals surface area contributed by atoms with Gasteiger partial charge in [-0.05, 0) is 42.3 Å². The molecule has 1 aromatic carbocycles. The first-order chi connectivity index (χ1) is 14.5. The number of ether oxygens (including phenoxy) is 2. The van der Waals surface area contributed by atoms with Crippen LogP contribution in [0.5, 0.6) is 0 Å². The first-order valence-electron chi connectivity index (χ1n) is 10.6. The lowest BCUT2D eigenvalue weighted by Crippen LogP contribution is -2.41. The molecule has 164 valence electrons. The Labute approximate surface area is 184 Å². The standard InChI is InChI=1S/C24H34N2O3S/c1-18-5-7-20(8-6-18)22-15-25(16-23-19(2)9-12-30-23)13-21(22)14-26(10-11-28-3)24(27)17-29-4/h5-9,12,21-22H,10-11,13-17H2,1-4H3. The molecule has 30 heavy (non-hydrogen) atoms. The Morgan fingerprint density at radius 3 is 2.53 bits per heavy atom. The molecule has 0 aliphatic carbocycles. The van der Waals surface area contributed by atoms with Gasteiger partial charge in [0.1, 0.15) is 6.61 Å². The molecule has 1 aliphatic rings. The van der Waals surface area contributed by atoms with Crippen LogP contribution < -0.4 is 0 Å². The number of nitrogens with zero attached hydrogens (tertiary/aromatic N) is 2. The zero-order valence-corrected chi connectivity index (χ0v) is 19.4. The fraction of sp³-hybridized carbons (Fsp3) is 0.542. The van der Waals surface area contributed by atoms with E-state index in [1.807, 2.05) is 16.2 Å². The highest BCUT2D eigenvalue weighted by Crippen LogP contribution is 2.35. The summed E-state index contributed by atoms with van der Waals surface area (Å²) in [6.07, 6.45) is 0. The second-order valence-electron chi connectivity index (χ2n) is 8.26. The van der Waals surface area contributed by atoms with Crippen molar-refractivity contribution < 1.29 is 14.3 Å². The maximum absolute atomic E-state index is 12.6. The molecule has 0 radical (unpaired) electrons. The van der Waals surface area contributed by atoms with Crippen LogP contribution in [0.1, 0.15) is 27.5 Å². The van der Waals surface area contributed by atoms with E-state index in [1.54, 1.807) is 14.2 Å².